The molecule has 1 N–H and O–H groups in total. The molecule has 5 aromatic rings. The van der Waals surface area contributed by atoms with E-state index in [0.29, 0.717) is 17.0 Å². The molecule has 168 valence electrons. The lowest BCUT2D eigenvalue weighted by Crippen LogP contribution is -2.24. The molecule has 0 aliphatic carbocycles. The quantitative estimate of drug-likeness (QED) is 0.430. The van der Waals surface area contributed by atoms with E-state index < -0.39 is 0 Å². The first-order chi connectivity index (χ1) is 16.7. The number of benzene rings is 1. The number of anilines is 1. The summed E-state index contributed by atoms with van der Waals surface area (Å²) in [5.74, 6) is 0.584. The highest BCUT2D eigenvalue weighted by Gasteiger charge is 2.28. The normalized spacial score (nSPS) is 15.8. The van der Waals surface area contributed by atoms with Gasteiger partial charge in [0, 0.05) is 24.4 Å². The van der Waals surface area contributed by atoms with Crippen molar-refractivity contribution in [1.82, 2.24) is 24.6 Å². The van der Waals surface area contributed by atoms with E-state index in [1.807, 2.05) is 42.5 Å². The van der Waals surface area contributed by atoms with Crippen LogP contribution in [0, 0.1) is 5.82 Å². The summed E-state index contributed by atoms with van der Waals surface area (Å²) in [6.07, 6.45) is 5.32. The Balaban J connectivity index is 1.40. The number of hydrogen-bond donors (Lipinski definition) is 1. The second-order valence-corrected chi connectivity index (χ2v) is 8.36. The molecule has 4 aromatic heterocycles. The number of nitrogens with one attached hydrogen (secondary N) is 1. The fourth-order valence-corrected chi connectivity index (χ4v) is 4.63. The molecule has 1 atom stereocenters. The van der Waals surface area contributed by atoms with Gasteiger partial charge in [0.15, 0.2) is 5.65 Å². The minimum Gasteiger partial charge on any atom is -0.348 e. The monoisotopic (exact) mass is 452 g/mol. The van der Waals surface area contributed by atoms with Gasteiger partial charge in [-0.05, 0) is 60.9 Å². The Bertz CT molecular complexity index is 1560. The van der Waals surface area contributed by atoms with Gasteiger partial charge in [0.25, 0.3) is 0 Å². The molecule has 1 aliphatic rings. The molecule has 0 spiro atoms. The van der Waals surface area contributed by atoms with E-state index in [4.69, 9.17) is 10.1 Å². The third-order valence-corrected chi connectivity index (χ3v) is 6.21. The summed E-state index contributed by atoms with van der Waals surface area (Å²) in [6, 6.07) is 19.8. The lowest BCUT2D eigenvalue weighted by Gasteiger charge is -2.26. The standard InChI is InChI=1S/C26H21FN6O/c27-19-5-1-4-18(14-19)22-8-3-13-32(22)25-10-9-24-29-16-23(33(24)31-25)21-7-2-6-20(30-21)17-11-12-28-26(34)15-17/h1-2,4-7,9-12,14-16,22H,3,8,13H2,(H,28,34)/t22-/m1/s1. The van der Waals surface area contributed by atoms with Crippen LogP contribution in [-0.4, -0.2) is 31.1 Å². The molecule has 8 heteroatoms. The van der Waals surface area contributed by atoms with Crippen LogP contribution < -0.4 is 10.5 Å². The zero-order chi connectivity index (χ0) is 23.1. The third kappa shape index (κ3) is 3.63. The summed E-state index contributed by atoms with van der Waals surface area (Å²) in [4.78, 5) is 25.8. The fraction of sp³-hybridized carbons (Fsp3) is 0.154. The molecule has 1 fully saturated rings. The number of nitrogens with zero attached hydrogens (tertiary/aromatic N) is 5. The van der Waals surface area contributed by atoms with Crippen molar-refractivity contribution < 1.29 is 4.39 Å². The van der Waals surface area contributed by atoms with E-state index in [2.05, 4.69) is 14.9 Å². The van der Waals surface area contributed by atoms with Crippen molar-refractivity contribution >= 4 is 11.5 Å². The molecule has 1 aromatic carbocycles. The van der Waals surface area contributed by atoms with Crippen LogP contribution in [0.4, 0.5) is 10.2 Å². The molecule has 0 amide bonds. The topological polar surface area (TPSA) is 79.2 Å². The maximum Gasteiger partial charge on any atom is 0.248 e. The largest absolute Gasteiger partial charge is 0.348 e. The highest BCUT2D eigenvalue weighted by molar-refractivity contribution is 5.66. The molecule has 0 radical (unpaired) electrons. The Hall–Kier alpha value is -4.33. The Labute approximate surface area is 194 Å². The van der Waals surface area contributed by atoms with Crippen LogP contribution in [0.5, 0.6) is 0 Å². The number of fused-ring (bicyclic) bond motifs is 1. The maximum atomic E-state index is 13.9. The van der Waals surface area contributed by atoms with Crippen molar-refractivity contribution in [3.05, 3.63) is 101 Å². The molecule has 34 heavy (non-hydrogen) atoms. The van der Waals surface area contributed by atoms with Gasteiger partial charge in [0.2, 0.25) is 5.56 Å². The zero-order valence-electron chi connectivity index (χ0n) is 18.2. The number of aromatic amines is 1. The van der Waals surface area contributed by atoms with Crippen molar-refractivity contribution in [3.63, 3.8) is 0 Å². The predicted octanol–water partition coefficient (Wildman–Crippen LogP) is 4.63. The molecule has 0 bridgehead atoms. The average Bonchev–Trinajstić information content (AvgIpc) is 3.51. The van der Waals surface area contributed by atoms with Crippen molar-refractivity contribution in [2.75, 3.05) is 11.4 Å². The molecule has 6 rings (SSSR count). The van der Waals surface area contributed by atoms with Crippen LogP contribution in [0.1, 0.15) is 24.4 Å². The van der Waals surface area contributed by atoms with E-state index >= 15 is 0 Å². The van der Waals surface area contributed by atoms with Crippen LogP contribution in [0.25, 0.3) is 28.3 Å². The predicted molar refractivity (Wildman–Crippen MR) is 128 cm³/mol. The van der Waals surface area contributed by atoms with Crippen LogP contribution in [0.15, 0.2) is 83.9 Å². The van der Waals surface area contributed by atoms with Gasteiger partial charge in [-0.2, -0.15) is 0 Å². The Morgan fingerprint density at radius 3 is 2.76 bits per heavy atom. The maximum absolute atomic E-state index is 13.9. The third-order valence-electron chi connectivity index (χ3n) is 6.21. The Morgan fingerprint density at radius 2 is 1.88 bits per heavy atom. The molecule has 5 heterocycles. The van der Waals surface area contributed by atoms with Gasteiger partial charge in [-0.1, -0.05) is 18.2 Å². The molecule has 0 unspecified atom stereocenters. The zero-order valence-corrected chi connectivity index (χ0v) is 18.2. The second-order valence-electron chi connectivity index (χ2n) is 8.36. The molecule has 7 nitrogen and oxygen atoms in total. The first-order valence-corrected chi connectivity index (χ1v) is 11.2. The minimum atomic E-state index is -0.226. The lowest BCUT2D eigenvalue weighted by molar-refractivity contribution is 0.617. The first kappa shape index (κ1) is 20.3. The number of rotatable bonds is 4. The van der Waals surface area contributed by atoms with Crippen molar-refractivity contribution in [2.24, 2.45) is 0 Å². The van der Waals surface area contributed by atoms with Gasteiger partial charge < -0.3 is 9.88 Å². The van der Waals surface area contributed by atoms with E-state index in [0.717, 1.165) is 42.0 Å². The van der Waals surface area contributed by atoms with Gasteiger partial charge in [0.05, 0.1) is 23.6 Å². The number of halogens is 1. The minimum absolute atomic E-state index is 0.0743. The fourth-order valence-electron chi connectivity index (χ4n) is 4.63. The number of pyridine rings is 2. The van der Waals surface area contributed by atoms with Gasteiger partial charge in [-0.3, -0.25) is 4.79 Å². The molecular weight excluding hydrogens is 431 g/mol. The second kappa shape index (κ2) is 8.22. The molecule has 1 aliphatic heterocycles. The smallest absolute Gasteiger partial charge is 0.248 e. The number of hydrogen-bond acceptors (Lipinski definition) is 5. The SMILES string of the molecule is O=c1cc(-c2cccc(-c3cnc4ccc(N5CCC[C@@H]5c5cccc(F)c5)nn34)n2)cc[nH]1. The average molecular weight is 452 g/mol. The first-order valence-electron chi connectivity index (χ1n) is 11.2. The highest BCUT2D eigenvalue weighted by atomic mass is 19.1. The molecule has 1 saturated heterocycles. The number of imidazole rings is 1. The van der Waals surface area contributed by atoms with E-state index in [-0.39, 0.29) is 17.4 Å². The van der Waals surface area contributed by atoms with E-state index in [1.165, 1.54) is 12.1 Å². The summed E-state index contributed by atoms with van der Waals surface area (Å²) >= 11 is 0. The molecule has 0 saturated carbocycles. The van der Waals surface area contributed by atoms with E-state index in [1.54, 1.807) is 29.0 Å². The summed E-state index contributed by atoms with van der Waals surface area (Å²) in [5, 5.41) is 4.90. The number of aromatic nitrogens is 5. The Morgan fingerprint density at radius 1 is 1.00 bits per heavy atom. The van der Waals surface area contributed by atoms with Gasteiger partial charge in [-0.25, -0.2) is 18.9 Å². The van der Waals surface area contributed by atoms with Crippen LogP contribution >= 0.6 is 0 Å². The van der Waals surface area contributed by atoms with Crippen molar-refractivity contribution in [1.29, 1.82) is 0 Å². The lowest BCUT2D eigenvalue weighted by atomic mass is 10.0. The summed E-state index contributed by atoms with van der Waals surface area (Å²) < 4.78 is 15.7. The summed E-state index contributed by atoms with van der Waals surface area (Å²) in [7, 11) is 0. The highest BCUT2D eigenvalue weighted by Crippen LogP contribution is 2.35. The molecular formula is C26H21FN6O. The van der Waals surface area contributed by atoms with Crippen LogP contribution in [-0.2, 0) is 0 Å². The van der Waals surface area contributed by atoms with Gasteiger partial charge in [0.1, 0.15) is 17.3 Å². The Kier molecular flexibility index (Phi) is 4.91. The van der Waals surface area contributed by atoms with Gasteiger partial charge in [-0.15, -0.1) is 5.10 Å². The van der Waals surface area contributed by atoms with Crippen molar-refractivity contribution in [3.8, 4) is 22.6 Å². The van der Waals surface area contributed by atoms with Crippen molar-refractivity contribution in [2.45, 2.75) is 18.9 Å². The summed E-state index contributed by atoms with van der Waals surface area (Å²) in [5.41, 5.74) is 4.39. The number of H-pyrrole nitrogens is 1. The van der Waals surface area contributed by atoms with E-state index in [9.17, 15) is 9.18 Å². The van der Waals surface area contributed by atoms with Gasteiger partial charge >= 0.3 is 0 Å². The van der Waals surface area contributed by atoms with Crippen LogP contribution in [0.2, 0.25) is 0 Å². The van der Waals surface area contributed by atoms with Crippen LogP contribution in [0.3, 0.4) is 0 Å². The summed E-state index contributed by atoms with van der Waals surface area (Å²) in [6.45, 7) is 0.847.